The summed E-state index contributed by atoms with van der Waals surface area (Å²) in [5, 5.41) is 19.7. The summed E-state index contributed by atoms with van der Waals surface area (Å²) in [6, 6.07) is 0.210. The van der Waals surface area contributed by atoms with Crippen LogP contribution < -0.4 is 16.0 Å². The van der Waals surface area contributed by atoms with Crippen LogP contribution in [0, 0.1) is 5.92 Å². The van der Waals surface area contributed by atoms with Gasteiger partial charge in [-0.25, -0.2) is 0 Å². The van der Waals surface area contributed by atoms with Gasteiger partial charge in [-0.15, -0.1) is 0 Å². The maximum absolute atomic E-state index is 11.2. The normalized spacial score (nSPS) is 25.5. The maximum Gasteiger partial charge on any atom is 0.220 e. The fraction of sp³-hybridized carbons (Fsp3) is 0.875. The summed E-state index contributed by atoms with van der Waals surface area (Å²) in [6.07, 6.45) is 7.02. The molecule has 1 saturated heterocycles. The van der Waals surface area contributed by atoms with E-state index < -0.39 is 0 Å². The van der Waals surface area contributed by atoms with Gasteiger partial charge in [0.25, 0.3) is 0 Å². The first-order valence-corrected chi connectivity index (χ1v) is 8.68. The molecular formula is C16H30N4O2. The quantitative estimate of drug-likeness (QED) is 0.446. The second-order valence-corrected chi connectivity index (χ2v) is 6.37. The minimum Gasteiger partial charge on any atom is -0.391 e. The summed E-state index contributed by atoms with van der Waals surface area (Å²) in [5.41, 5.74) is 0. The number of carbonyl (C=O) groups excluding carboxylic acids is 1. The lowest BCUT2D eigenvalue weighted by Crippen LogP contribution is -2.51. The lowest BCUT2D eigenvalue weighted by molar-refractivity contribution is -0.122. The lowest BCUT2D eigenvalue weighted by Gasteiger charge is -2.27. The molecule has 6 heteroatoms. The van der Waals surface area contributed by atoms with Crippen LogP contribution in [0.15, 0.2) is 4.99 Å². The number of carbonyl (C=O) groups is 1. The van der Waals surface area contributed by atoms with E-state index in [1.165, 1.54) is 19.3 Å². The van der Waals surface area contributed by atoms with E-state index in [4.69, 9.17) is 0 Å². The van der Waals surface area contributed by atoms with E-state index in [1.807, 2.05) is 6.92 Å². The predicted molar refractivity (Wildman–Crippen MR) is 87.7 cm³/mol. The van der Waals surface area contributed by atoms with Gasteiger partial charge in [-0.2, -0.15) is 0 Å². The largest absolute Gasteiger partial charge is 0.391 e. The zero-order chi connectivity index (χ0) is 15.8. The van der Waals surface area contributed by atoms with Crippen LogP contribution >= 0.6 is 0 Å². The van der Waals surface area contributed by atoms with E-state index in [-0.39, 0.29) is 18.1 Å². The van der Waals surface area contributed by atoms with Gasteiger partial charge >= 0.3 is 0 Å². The van der Waals surface area contributed by atoms with Crippen molar-refractivity contribution in [2.24, 2.45) is 10.9 Å². The van der Waals surface area contributed by atoms with Crippen molar-refractivity contribution in [1.82, 2.24) is 16.0 Å². The molecule has 1 aliphatic carbocycles. The third-order valence-corrected chi connectivity index (χ3v) is 4.58. The second kappa shape index (κ2) is 8.98. The monoisotopic (exact) mass is 310 g/mol. The van der Waals surface area contributed by atoms with Crippen molar-refractivity contribution in [2.75, 3.05) is 19.6 Å². The molecule has 1 amide bonds. The van der Waals surface area contributed by atoms with Gasteiger partial charge in [0.2, 0.25) is 5.91 Å². The molecule has 0 radical (unpaired) electrons. The average molecular weight is 310 g/mol. The standard InChI is InChI=1S/C16H30N4O2/c1-2-17-16(20-13-8-9-15(22)18-10-13)19-11-14(21)12-6-4-3-5-7-12/h12-14,21H,2-11H2,1H3,(H,18,22)(H2,17,19,20). The Hall–Kier alpha value is -1.30. The van der Waals surface area contributed by atoms with Crippen LogP contribution in [0.25, 0.3) is 0 Å². The molecule has 2 rings (SSSR count). The van der Waals surface area contributed by atoms with Gasteiger partial charge in [0, 0.05) is 25.6 Å². The Morgan fingerprint density at radius 3 is 2.77 bits per heavy atom. The highest BCUT2D eigenvalue weighted by molar-refractivity contribution is 5.81. The fourth-order valence-electron chi connectivity index (χ4n) is 3.22. The molecule has 0 bridgehead atoms. The predicted octanol–water partition coefficient (Wildman–Crippen LogP) is 0.761. The third kappa shape index (κ3) is 5.48. The van der Waals surface area contributed by atoms with Crippen molar-refractivity contribution in [3.8, 4) is 0 Å². The van der Waals surface area contributed by atoms with Crippen LogP contribution in [-0.4, -0.2) is 48.8 Å². The molecule has 22 heavy (non-hydrogen) atoms. The van der Waals surface area contributed by atoms with Crippen LogP contribution in [0.2, 0.25) is 0 Å². The first-order valence-electron chi connectivity index (χ1n) is 8.68. The van der Waals surface area contributed by atoms with Crippen molar-refractivity contribution in [1.29, 1.82) is 0 Å². The molecule has 0 aromatic rings. The Kier molecular flexibility index (Phi) is 6.96. The van der Waals surface area contributed by atoms with E-state index in [9.17, 15) is 9.90 Å². The summed E-state index contributed by atoms with van der Waals surface area (Å²) in [7, 11) is 0. The molecule has 1 heterocycles. The molecule has 0 aromatic heterocycles. The highest BCUT2D eigenvalue weighted by Crippen LogP contribution is 2.26. The molecule has 6 nitrogen and oxygen atoms in total. The Morgan fingerprint density at radius 1 is 1.36 bits per heavy atom. The molecule has 2 aliphatic rings. The summed E-state index contributed by atoms with van der Waals surface area (Å²) in [4.78, 5) is 15.7. The van der Waals surface area contributed by atoms with Gasteiger partial charge in [-0.3, -0.25) is 9.79 Å². The Bertz CT molecular complexity index is 370. The first kappa shape index (κ1) is 17.1. The van der Waals surface area contributed by atoms with Gasteiger partial charge in [-0.1, -0.05) is 19.3 Å². The van der Waals surface area contributed by atoms with Crippen molar-refractivity contribution in [2.45, 2.75) is 64.0 Å². The number of rotatable bonds is 5. The van der Waals surface area contributed by atoms with E-state index in [0.29, 0.717) is 25.4 Å². The summed E-state index contributed by atoms with van der Waals surface area (Å²) >= 11 is 0. The zero-order valence-electron chi connectivity index (χ0n) is 13.6. The topological polar surface area (TPSA) is 85.8 Å². The van der Waals surface area contributed by atoms with Gasteiger partial charge in [0.1, 0.15) is 0 Å². The number of amides is 1. The lowest BCUT2D eigenvalue weighted by atomic mass is 9.85. The molecular weight excluding hydrogens is 280 g/mol. The van der Waals surface area contributed by atoms with Crippen molar-refractivity contribution in [3.63, 3.8) is 0 Å². The molecule has 0 spiro atoms. The average Bonchev–Trinajstić information content (AvgIpc) is 2.55. The molecule has 1 saturated carbocycles. The van der Waals surface area contributed by atoms with E-state index >= 15 is 0 Å². The first-order chi connectivity index (χ1) is 10.7. The van der Waals surface area contributed by atoms with Gasteiger partial charge in [-0.05, 0) is 32.1 Å². The molecule has 1 aliphatic heterocycles. The van der Waals surface area contributed by atoms with Crippen LogP contribution in [0.3, 0.4) is 0 Å². The molecule has 0 aromatic carbocycles. The van der Waals surface area contributed by atoms with Crippen molar-refractivity contribution < 1.29 is 9.90 Å². The summed E-state index contributed by atoms with van der Waals surface area (Å²) in [6.45, 7) is 3.88. The number of nitrogens with one attached hydrogen (secondary N) is 3. The maximum atomic E-state index is 11.2. The molecule has 2 fully saturated rings. The van der Waals surface area contributed by atoms with E-state index in [1.54, 1.807) is 0 Å². The van der Waals surface area contributed by atoms with Gasteiger partial charge in [0.15, 0.2) is 5.96 Å². The van der Waals surface area contributed by atoms with E-state index in [2.05, 4.69) is 20.9 Å². The highest BCUT2D eigenvalue weighted by atomic mass is 16.3. The zero-order valence-corrected chi connectivity index (χ0v) is 13.6. The van der Waals surface area contributed by atoms with Crippen molar-refractivity contribution >= 4 is 11.9 Å². The minimum absolute atomic E-state index is 0.118. The summed E-state index contributed by atoms with van der Waals surface area (Å²) in [5.74, 6) is 1.25. The number of aliphatic hydroxyl groups excluding tert-OH is 1. The van der Waals surface area contributed by atoms with Crippen LogP contribution in [0.4, 0.5) is 0 Å². The third-order valence-electron chi connectivity index (χ3n) is 4.58. The minimum atomic E-state index is -0.346. The van der Waals surface area contributed by atoms with E-state index in [0.717, 1.165) is 31.8 Å². The smallest absolute Gasteiger partial charge is 0.220 e. The molecule has 2 unspecified atom stereocenters. The number of aliphatic imine (C=N–C) groups is 1. The van der Waals surface area contributed by atoms with Gasteiger partial charge < -0.3 is 21.1 Å². The number of aliphatic hydroxyl groups is 1. The van der Waals surface area contributed by atoms with Crippen molar-refractivity contribution in [3.05, 3.63) is 0 Å². The van der Waals surface area contributed by atoms with Gasteiger partial charge in [0.05, 0.1) is 12.6 Å². The number of guanidine groups is 1. The highest BCUT2D eigenvalue weighted by Gasteiger charge is 2.22. The van der Waals surface area contributed by atoms with Crippen LogP contribution in [-0.2, 0) is 4.79 Å². The molecule has 4 N–H and O–H groups in total. The van der Waals surface area contributed by atoms with Crippen LogP contribution in [0.1, 0.15) is 51.9 Å². The SMILES string of the molecule is CCNC(=NCC(O)C1CCCCC1)NC1CCC(=O)NC1. The number of hydrogen-bond acceptors (Lipinski definition) is 3. The Labute approximate surface area is 133 Å². The molecule has 2 atom stereocenters. The number of piperidine rings is 1. The number of nitrogens with zero attached hydrogens (tertiary/aromatic N) is 1. The molecule has 126 valence electrons. The number of hydrogen-bond donors (Lipinski definition) is 4. The Morgan fingerprint density at radius 2 is 2.14 bits per heavy atom. The second-order valence-electron chi connectivity index (χ2n) is 6.37. The van der Waals surface area contributed by atoms with Crippen LogP contribution in [0.5, 0.6) is 0 Å². The Balaban J connectivity index is 1.81. The summed E-state index contributed by atoms with van der Waals surface area (Å²) < 4.78 is 0. The fourth-order valence-corrected chi connectivity index (χ4v) is 3.22.